The number of rotatable bonds is 3. The molecule has 0 atom stereocenters. The zero-order chi connectivity index (χ0) is 13.1. The van der Waals surface area contributed by atoms with Crippen molar-refractivity contribution in [3.8, 4) is 0 Å². The largest absolute Gasteiger partial charge is 0.459 e. The lowest BCUT2D eigenvalue weighted by Crippen LogP contribution is -2.24. The molecule has 0 aliphatic carbocycles. The molecule has 94 valence electrons. The van der Waals surface area contributed by atoms with Crippen LogP contribution >= 0.6 is 23.4 Å². The summed E-state index contributed by atoms with van der Waals surface area (Å²) >= 11 is 7.06. The lowest BCUT2D eigenvalue weighted by atomic mass is 10.2. The fourth-order valence-electron chi connectivity index (χ4n) is 0.965. The van der Waals surface area contributed by atoms with Crippen molar-refractivity contribution in [2.24, 2.45) is 0 Å². The van der Waals surface area contributed by atoms with E-state index in [9.17, 15) is 4.79 Å². The predicted octanol–water partition coefficient (Wildman–Crippen LogP) is 2.15. The highest BCUT2D eigenvalue weighted by molar-refractivity contribution is 8.00. The Labute approximate surface area is 109 Å². The smallest absolute Gasteiger partial charge is 0.316 e. The van der Waals surface area contributed by atoms with E-state index < -0.39 is 5.60 Å². The van der Waals surface area contributed by atoms with Crippen LogP contribution in [0.25, 0.3) is 0 Å². The van der Waals surface area contributed by atoms with E-state index in [2.05, 4.69) is 9.97 Å². The number of nitrogen functional groups attached to an aromatic ring is 1. The Morgan fingerprint density at radius 3 is 2.76 bits per heavy atom. The minimum atomic E-state index is -0.494. The van der Waals surface area contributed by atoms with Crippen molar-refractivity contribution in [3.63, 3.8) is 0 Å². The first kappa shape index (κ1) is 14.1. The Morgan fingerprint density at radius 1 is 1.53 bits per heavy atom. The molecule has 0 unspecified atom stereocenters. The van der Waals surface area contributed by atoms with Crippen LogP contribution in [0.5, 0.6) is 0 Å². The number of halogens is 1. The van der Waals surface area contributed by atoms with Gasteiger partial charge in [-0.25, -0.2) is 9.97 Å². The normalized spacial score (nSPS) is 11.3. The van der Waals surface area contributed by atoms with Gasteiger partial charge in [-0.3, -0.25) is 4.79 Å². The first-order valence-electron chi connectivity index (χ1n) is 4.90. The summed E-state index contributed by atoms with van der Waals surface area (Å²) in [7, 11) is 0. The van der Waals surface area contributed by atoms with Crippen LogP contribution < -0.4 is 5.73 Å². The number of aromatic nitrogens is 2. The van der Waals surface area contributed by atoms with Gasteiger partial charge < -0.3 is 10.5 Å². The first-order chi connectivity index (χ1) is 7.79. The van der Waals surface area contributed by atoms with Crippen molar-refractivity contribution < 1.29 is 9.53 Å². The van der Waals surface area contributed by atoms with Gasteiger partial charge in [0.2, 0.25) is 0 Å². The van der Waals surface area contributed by atoms with Gasteiger partial charge in [0.1, 0.15) is 27.8 Å². The summed E-state index contributed by atoms with van der Waals surface area (Å²) < 4.78 is 5.15. The second-order valence-electron chi connectivity index (χ2n) is 4.25. The Bertz CT molecular complexity index is 421. The lowest BCUT2D eigenvalue weighted by Gasteiger charge is -2.19. The molecule has 17 heavy (non-hydrogen) atoms. The van der Waals surface area contributed by atoms with Gasteiger partial charge in [-0.2, -0.15) is 0 Å². The summed E-state index contributed by atoms with van der Waals surface area (Å²) in [4.78, 5) is 19.1. The summed E-state index contributed by atoms with van der Waals surface area (Å²) in [6, 6.07) is 0. The van der Waals surface area contributed by atoms with Gasteiger partial charge in [-0.15, -0.1) is 0 Å². The number of esters is 1. The van der Waals surface area contributed by atoms with E-state index in [1.807, 2.05) is 20.8 Å². The molecule has 0 amide bonds. The molecule has 2 N–H and O–H groups in total. The van der Waals surface area contributed by atoms with Crippen LogP contribution in [0.1, 0.15) is 20.8 Å². The Hall–Kier alpha value is -1.01. The van der Waals surface area contributed by atoms with Crippen LogP contribution in [0.4, 0.5) is 5.82 Å². The maximum absolute atomic E-state index is 11.5. The molecule has 0 saturated carbocycles. The molecule has 0 aliphatic rings. The highest BCUT2D eigenvalue weighted by atomic mass is 35.5. The maximum atomic E-state index is 11.5. The monoisotopic (exact) mass is 275 g/mol. The molecule has 0 bridgehead atoms. The predicted molar refractivity (Wildman–Crippen MR) is 68.0 cm³/mol. The summed E-state index contributed by atoms with van der Waals surface area (Å²) in [5.41, 5.74) is 5.02. The minimum Gasteiger partial charge on any atom is -0.459 e. The second kappa shape index (κ2) is 5.55. The molecular formula is C10H14ClN3O2S. The fourth-order valence-corrected chi connectivity index (χ4v) is 1.89. The van der Waals surface area contributed by atoms with Crippen molar-refractivity contribution in [2.75, 3.05) is 11.5 Å². The second-order valence-corrected chi connectivity index (χ2v) is 5.60. The van der Waals surface area contributed by atoms with Gasteiger partial charge in [0.05, 0.1) is 5.75 Å². The molecule has 5 nitrogen and oxygen atoms in total. The van der Waals surface area contributed by atoms with E-state index in [4.69, 9.17) is 22.1 Å². The van der Waals surface area contributed by atoms with Gasteiger partial charge >= 0.3 is 5.97 Å². The van der Waals surface area contributed by atoms with Crippen molar-refractivity contribution >= 4 is 35.1 Å². The maximum Gasteiger partial charge on any atom is 0.316 e. The van der Waals surface area contributed by atoms with Gasteiger partial charge in [-0.05, 0) is 20.8 Å². The van der Waals surface area contributed by atoms with Crippen LogP contribution in [0, 0.1) is 0 Å². The number of anilines is 1. The van der Waals surface area contributed by atoms with E-state index in [0.29, 0.717) is 5.03 Å². The van der Waals surface area contributed by atoms with Crippen LogP contribution in [0.2, 0.25) is 5.02 Å². The standard InChI is InChI=1S/C10H14ClN3O2S/c1-10(2,3)16-6(15)4-17-9-7(11)8(12)13-5-14-9/h5H,4H2,1-3H3,(H2,12,13,14). The number of nitrogens with two attached hydrogens (primary N) is 1. The SMILES string of the molecule is CC(C)(C)OC(=O)CSc1ncnc(N)c1Cl. The molecule has 1 rings (SSSR count). The molecular weight excluding hydrogens is 262 g/mol. The number of carbonyl (C=O) groups excluding carboxylic acids is 1. The molecule has 1 aromatic rings. The van der Waals surface area contributed by atoms with Crippen molar-refractivity contribution in [2.45, 2.75) is 31.4 Å². The van der Waals surface area contributed by atoms with Gasteiger partial charge in [-0.1, -0.05) is 23.4 Å². The Morgan fingerprint density at radius 2 is 2.18 bits per heavy atom. The topological polar surface area (TPSA) is 78.1 Å². The number of carbonyl (C=O) groups is 1. The van der Waals surface area contributed by atoms with E-state index >= 15 is 0 Å². The van der Waals surface area contributed by atoms with Gasteiger partial charge in [0, 0.05) is 0 Å². The van der Waals surface area contributed by atoms with Crippen molar-refractivity contribution in [3.05, 3.63) is 11.3 Å². The van der Waals surface area contributed by atoms with Gasteiger partial charge in [0.15, 0.2) is 0 Å². The number of thioether (sulfide) groups is 1. The zero-order valence-electron chi connectivity index (χ0n) is 9.86. The first-order valence-corrected chi connectivity index (χ1v) is 6.26. The molecule has 0 spiro atoms. The average Bonchev–Trinajstić information content (AvgIpc) is 2.18. The summed E-state index contributed by atoms with van der Waals surface area (Å²) in [5, 5.41) is 0.742. The number of hydrogen-bond donors (Lipinski definition) is 1. The van der Waals surface area contributed by atoms with Crippen LogP contribution in [-0.2, 0) is 9.53 Å². The number of nitrogens with zero attached hydrogens (tertiary/aromatic N) is 2. The minimum absolute atomic E-state index is 0.132. The highest BCUT2D eigenvalue weighted by Gasteiger charge is 2.17. The van der Waals surface area contributed by atoms with Crippen molar-refractivity contribution in [1.29, 1.82) is 0 Å². The number of hydrogen-bond acceptors (Lipinski definition) is 6. The molecule has 0 aromatic carbocycles. The Balaban J connectivity index is 2.56. The van der Waals surface area contributed by atoms with E-state index in [-0.39, 0.29) is 22.6 Å². The lowest BCUT2D eigenvalue weighted by molar-refractivity contribution is -0.151. The molecule has 7 heteroatoms. The summed E-state index contributed by atoms with van der Waals surface area (Å²) in [6.45, 7) is 5.43. The van der Waals surface area contributed by atoms with Gasteiger partial charge in [0.25, 0.3) is 0 Å². The van der Waals surface area contributed by atoms with Crippen molar-refractivity contribution in [1.82, 2.24) is 9.97 Å². The molecule has 0 aliphatic heterocycles. The third kappa shape index (κ3) is 4.79. The van der Waals surface area contributed by atoms with E-state index in [1.54, 1.807) is 0 Å². The average molecular weight is 276 g/mol. The third-order valence-corrected chi connectivity index (χ3v) is 2.98. The molecule has 1 aromatic heterocycles. The Kier molecular flexibility index (Phi) is 4.59. The third-order valence-electron chi connectivity index (χ3n) is 1.53. The summed E-state index contributed by atoms with van der Waals surface area (Å²) in [6.07, 6.45) is 1.30. The fraction of sp³-hybridized carbons (Fsp3) is 0.500. The van der Waals surface area contributed by atoms with Crippen LogP contribution in [0.3, 0.4) is 0 Å². The molecule has 0 radical (unpaired) electrons. The highest BCUT2D eigenvalue weighted by Crippen LogP contribution is 2.28. The zero-order valence-corrected chi connectivity index (χ0v) is 11.4. The van der Waals surface area contributed by atoms with E-state index in [1.165, 1.54) is 18.1 Å². The van der Waals surface area contributed by atoms with Crippen LogP contribution in [-0.4, -0.2) is 27.3 Å². The van der Waals surface area contributed by atoms with E-state index in [0.717, 1.165) is 0 Å². The number of ether oxygens (including phenoxy) is 1. The quantitative estimate of drug-likeness (QED) is 0.517. The summed E-state index contributed by atoms with van der Waals surface area (Å²) in [5.74, 6) is 0.0112. The molecule has 1 heterocycles. The molecule has 0 fully saturated rings. The van der Waals surface area contributed by atoms with Crippen LogP contribution in [0.15, 0.2) is 11.4 Å². The molecule has 0 saturated heterocycles.